The number of aliphatic carboxylic acids is 1. The fourth-order valence-electron chi connectivity index (χ4n) is 2.22. The Balaban J connectivity index is 2.70. The Hall–Kier alpha value is -1.91. The molecule has 0 aliphatic heterocycles. The van der Waals surface area contributed by atoms with Crippen molar-refractivity contribution in [3.8, 4) is 0 Å². The zero-order chi connectivity index (χ0) is 13.5. The summed E-state index contributed by atoms with van der Waals surface area (Å²) in [6.07, 6.45) is 1.00. The minimum absolute atomic E-state index is 0.0511. The molecule has 0 atom stereocenters. The van der Waals surface area contributed by atoms with Gasteiger partial charge < -0.3 is 9.52 Å². The van der Waals surface area contributed by atoms with Crippen LogP contribution in [0.3, 0.4) is 0 Å². The van der Waals surface area contributed by atoms with Crippen molar-refractivity contribution in [2.75, 3.05) is 0 Å². The van der Waals surface area contributed by atoms with Crippen LogP contribution in [0.2, 0.25) is 0 Å². The Morgan fingerprint density at radius 1 is 1.39 bits per heavy atom. The van der Waals surface area contributed by atoms with Crippen LogP contribution in [0, 0.1) is 11.6 Å². The van der Waals surface area contributed by atoms with Crippen molar-refractivity contribution in [3.63, 3.8) is 0 Å². The number of benzene rings is 1. The minimum Gasteiger partial charge on any atom is -0.481 e. The molecule has 1 heterocycles. The molecule has 96 valence electrons. The maximum atomic E-state index is 13.9. The van der Waals surface area contributed by atoms with Crippen LogP contribution in [-0.2, 0) is 10.2 Å². The van der Waals surface area contributed by atoms with Gasteiger partial charge in [-0.25, -0.2) is 8.78 Å². The summed E-state index contributed by atoms with van der Waals surface area (Å²) in [7, 11) is 0. The maximum absolute atomic E-state index is 13.9. The van der Waals surface area contributed by atoms with Crippen molar-refractivity contribution in [1.82, 2.24) is 0 Å². The van der Waals surface area contributed by atoms with E-state index in [4.69, 9.17) is 9.52 Å². The first-order valence-electron chi connectivity index (χ1n) is 5.40. The number of carbonyl (C=O) groups is 1. The molecule has 0 amide bonds. The molecule has 18 heavy (non-hydrogen) atoms. The van der Waals surface area contributed by atoms with Crippen LogP contribution in [0.15, 0.2) is 22.8 Å². The van der Waals surface area contributed by atoms with Gasteiger partial charge >= 0.3 is 5.97 Å². The molecule has 2 aromatic rings. The number of hydrogen-bond acceptors (Lipinski definition) is 2. The Morgan fingerprint density at radius 2 is 2.06 bits per heavy atom. The van der Waals surface area contributed by atoms with E-state index in [-0.39, 0.29) is 23.0 Å². The van der Waals surface area contributed by atoms with E-state index < -0.39 is 23.0 Å². The summed E-state index contributed by atoms with van der Waals surface area (Å²) in [6, 6.07) is 2.17. The predicted molar refractivity (Wildman–Crippen MR) is 61.4 cm³/mol. The van der Waals surface area contributed by atoms with Crippen LogP contribution >= 0.6 is 0 Å². The molecule has 0 radical (unpaired) electrons. The molecule has 1 N–H and O–H groups in total. The lowest BCUT2D eigenvalue weighted by molar-refractivity contribution is -0.138. The lowest BCUT2D eigenvalue weighted by Gasteiger charge is -2.24. The molecule has 1 aromatic carbocycles. The van der Waals surface area contributed by atoms with Crippen molar-refractivity contribution in [2.24, 2.45) is 0 Å². The van der Waals surface area contributed by atoms with E-state index in [2.05, 4.69) is 0 Å². The second kappa shape index (κ2) is 4.08. The van der Waals surface area contributed by atoms with Gasteiger partial charge in [0.1, 0.15) is 5.82 Å². The van der Waals surface area contributed by atoms with E-state index in [1.165, 1.54) is 12.3 Å². The van der Waals surface area contributed by atoms with Crippen molar-refractivity contribution in [3.05, 3.63) is 35.6 Å². The molecule has 0 aliphatic rings. The average molecular weight is 254 g/mol. The van der Waals surface area contributed by atoms with Gasteiger partial charge in [-0.1, -0.05) is 13.8 Å². The van der Waals surface area contributed by atoms with E-state index in [1.807, 2.05) is 0 Å². The van der Waals surface area contributed by atoms with Crippen LogP contribution in [0.25, 0.3) is 11.0 Å². The van der Waals surface area contributed by atoms with Gasteiger partial charge in [0.15, 0.2) is 11.4 Å². The molecule has 0 spiro atoms. The number of fused-ring (bicyclic) bond motifs is 1. The van der Waals surface area contributed by atoms with Gasteiger partial charge in [0.25, 0.3) is 0 Å². The maximum Gasteiger partial charge on any atom is 0.304 e. The molecule has 0 fully saturated rings. The fraction of sp³-hybridized carbons (Fsp3) is 0.308. The second-order valence-electron chi connectivity index (χ2n) is 4.83. The van der Waals surface area contributed by atoms with Crippen molar-refractivity contribution in [2.45, 2.75) is 25.7 Å². The molecule has 0 aliphatic carbocycles. The fourth-order valence-corrected chi connectivity index (χ4v) is 2.22. The summed E-state index contributed by atoms with van der Waals surface area (Å²) in [5.74, 6) is -2.59. The second-order valence-corrected chi connectivity index (χ2v) is 4.83. The highest BCUT2D eigenvalue weighted by molar-refractivity contribution is 5.84. The normalized spacial score (nSPS) is 12.0. The van der Waals surface area contributed by atoms with Gasteiger partial charge in [-0.15, -0.1) is 0 Å². The van der Waals surface area contributed by atoms with Crippen LogP contribution in [0.5, 0.6) is 0 Å². The van der Waals surface area contributed by atoms with E-state index in [0.717, 1.165) is 6.07 Å². The summed E-state index contributed by atoms with van der Waals surface area (Å²) in [4.78, 5) is 10.8. The first kappa shape index (κ1) is 12.5. The molecular formula is C13H12F2O3. The van der Waals surface area contributed by atoms with Crippen molar-refractivity contribution < 1.29 is 23.1 Å². The van der Waals surface area contributed by atoms with Gasteiger partial charge in [-0.2, -0.15) is 0 Å². The Labute approximate surface area is 102 Å². The highest BCUT2D eigenvalue weighted by atomic mass is 19.1. The predicted octanol–water partition coefficient (Wildman–Crippen LogP) is 3.46. The molecule has 1 aromatic heterocycles. The van der Waals surface area contributed by atoms with Crippen LogP contribution in [-0.4, -0.2) is 11.1 Å². The van der Waals surface area contributed by atoms with Crippen molar-refractivity contribution in [1.29, 1.82) is 0 Å². The molecule has 0 unspecified atom stereocenters. The van der Waals surface area contributed by atoms with Crippen LogP contribution in [0.1, 0.15) is 25.8 Å². The van der Waals surface area contributed by atoms with E-state index in [1.54, 1.807) is 13.8 Å². The smallest absolute Gasteiger partial charge is 0.304 e. The number of furan rings is 1. The summed E-state index contributed by atoms with van der Waals surface area (Å²) in [6.45, 7) is 3.20. The number of carboxylic acids is 1. The van der Waals surface area contributed by atoms with Gasteiger partial charge in [-0.3, -0.25) is 4.79 Å². The first-order chi connectivity index (χ1) is 8.33. The van der Waals surface area contributed by atoms with E-state index >= 15 is 0 Å². The topological polar surface area (TPSA) is 50.4 Å². The summed E-state index contributed by atoms with van der Waals surface area (Å²) >= 11 is 0. The molecule has 0 bridgehead atoms. The monoisotopic (exact) mass is 254 g/mol. The van der Waals surface area contributed by atoms with Crippen LogP contribution in [0.4, 0.5) is 8.78 Å². The molecule has 2 rings (SSSR count). The molecule has 5 heteroatoms. The van der Waals surface area contributed by atoms with Gasteiger partial charge in [0.2, 0.25) is 0 Å². The standard InChI is InChI=1S/C13H12F2O3/c1-13(2,6-10(16)17)11-7-3-4-18-12(7)9(15)5-8(11)14/h3-5H,6H2,1-2H3,(H,16,17). The largest absolute Gasteiger partial charge is 0.481 e. The zero-order valence-corrected chi connectivity index (χ0v) is 9.96. The number of carboxylic acid groups (broad SMARTS) is 1. The SMILES string of the molecule is CC(C)(CC(=O)O)c1c(F)cc(F)c2occc12. The summed E-state index contributed by atoms with van der Waals surface area (Å²) in [5, 5.41) is 9.14. The van der Waals surface area contributed by atoms with Crippen molar-refractivity contribution >= 4 is 16.9 Å². The van der Waals surface area contributed by atoms with E-state index in [9.17, 15) is 13.6 Å². The third kappa shape index (κ3) is 1.96. The van der Waals surface area contributed by atoms with Gasteiger partial charge in [0, 0.05) is 22.4 Å². The third-order valence-corrected chi connectivity index (χ3v) is 2.91. The molecule has 3 nitrogen and oxygen atoms in total. The van der Waals surface area contributed by atoms with E-state index in [0.29, 0.717) is 0 Å². The Kier molecular flexibility index (Phi) is 2.84. The quantitative estimate of drug-likeness (QED) is 0.912. The minimum atomic E-state index is -1.04. The number of hydrogen-bond donors (Lipinski definition) is 1. The lowest BCUT2D eigenvalue weighted by atomic mass is 9.79. The number of halogens is 2. The summed E-state index contributed by atoms with van der Waals surface area (Å²) in [5.41, 5.74) is -0.842. The summed E-state index contributed by atoms with van der Waals surface area (Å²) < 4.78 is 32.3. The third-order valence-electron chi connectivity index (χ3n) is 2.91. The van der Waals surface area contributed by atoms with Gasteiger partial charge in [-0.05, 0) is 6.07 Å². The number of rotatable bonds is 3. The Morgan fingerprint density at radius 3 is 2.67 bits per heavy atom. The van der Waals surface area contributed by atoms with Crippen LogP contribution < -0.4 is 0 Å². The van der Waals surface area contributed by atoms with Gasteiger partial charge in [0.05, 0.1) is 12.7 Å². The highest BCUT2D eigenvalue weighted by Crippen LogP contribution is 2.36. The molecule has 0 saturated carbocycles. The molecular weight excluding hydrogens is 242 g/mol. The highest BCUT2D eigenvalue weighted by Gasteiger charge is 2.31. The average Bonchev–Trinajstić information content (AvgIpc) is 2.63. The zero-order valence-electron chi connectivity index (χ0n) is 9.96. The first-order valence-corrected chi connectivity index (χ1v) is 5.40. The molecule has 0 saturated heterocycles. The Bertz CT molecular complexity index is 614. The lowest BCUT2D eigenvalue weighted by Crippen LogP contribution is -2.23.